The molecule has 0 aromatic carbocycles. The number of nitrogens with zero attached hydrogens (tertiary/aromatic N) is 7. The first-order valence-electron chi connectivity index (χ1n) is 10.4. The van der Waals surface area contributed by atoms with Crippen LogP contribution in [0, 0.1) is 5.92 Å². The molecule has 3 aromatic rings. The first-order valence-corrected chi connectivity index (χ1v) is 10.4. The van der Waals surface area contributed by atoms with Gasteiger partial charge in [-0.2, -0.15) is 4.52 Å². The topological polar surface area (TPSA) is 79.5 Å². The van der Waals surface area contributed by atoms with Crippen molar-refractivity contribution in [3.8, 4) is 0 Å². The maximum Gasteiger partial charge on any atom is 0.225 e. The minimum Gasteiger partial charge on any atom is -0.355 e. The Bertz CT molecular complexity index is 973. The van der Waals surface area contributed by atoms with Crippen LogP contribution in [0.1, 0.15) is 37.2 Å². The zero-order chi connectivity index (χ0) is 19.6. The van der Waals surface area contributed by atoms with Crippen molar-refractivity contribution in [3.63, 3.8) is 0 Å². The molecule has 0 spiro atoms. The molecule has 2 fully saturated rings. The zero-order valence-corrected chi connectivity index (χ0v) is 16.4. The summed E-state index contributed by atoms with van der Waals surface area (Å²) in [5, 5.41) is 12.4. The second-order valence-corrected chi connectivity index (χ2v) is 7.97. The molecule has 8 heteroatoms. The lowest BCUT2D eigenvalue weighted by molar-refractivity contribution is -0.137. The number of pyridine rings is 1. The second-order valence-electron chi connectivity index (χ2n) is 7.97. The number of hydrogen-bond acceptors (Lipinski definition) is 6. The number of rotatable bonds is 3. The molecular weight excluding hydrogens is 366 g/mol. The molecule has 5 heterocycles. The van der Waals surface area contributed by atoms with Crippen molar-refractivity contribution in [2.75, 3.05) is 31.1 Å². The van der Waals surface area contributed by atoms with Crippen molar-refractivity contribution >= 4 is 17.4 Å². The van der Waals surface area contributed by atoms with Gasteiger partial charge in [0.1, 0.15) is 12.1 Å². The van der Waals surface area contributed by atoms with Gasteiger partial charge in [-0.25, -0.2) is 0 Å². The average molecular weight is 391 g/mol. The molecule has 29 heavy (non-hydrogen) atoms. The monoisotopic (exact) mass is 391 g/mol. The van der Waals surface area contributed by atoms with Crippen molar-refractivity contribution in [3.05, 3.63) is 48.5 Å². The smallest absolute Gasteiger partial charge is 0.225 e. The van der Waals surface area contributed by atoms with E-state index >= 15 is 0 Å². The lowest BCUT2D eigenvalue weighted by Crippen LogP contribution is -2.45. The van der Waals surface area contributed by atoms with E-state index in [0.717, 1.165) is 63.3 Å². The van der Waals surface area contributed by atoms with Crippen LogP contribution in [0.2, 0.25) is 0 Å². The van der Waals surface area contributed by atoms with Gasteiger partial charge in [0.2, 0.25) is 5.91 Å². The highest BCUT2D eigenvalue weighted by Crippen LogP contribution is 2.30. The first-order chi connectivity index (χ1) is 14.3. The van der Waals surface area contributed by atoms with Crippen LogP contribution in [-0.2, 0) is 4.79 Å². The molecule has 3 aromatic heterocycles. The average Bonchev–Trinajstić information content (AvgIpc) is 3.27. The van der Waals surface area contributed by atoms with Gasteiger partial charge in [0.25, 0.3) is 0 Å². The summed E-state index contributed by atoms with van der Waals surface area (Å²) < 4.78 is 1.69. The van der Waals surface area contributed by atoms with E-state index in [1.807, 2.05) is 24.5 Å². The number of anilines is 1. The Labute approximate surface area is 169 Å². The highest BCUT2D eigenvalue weighted by Gasteiger charge is 2.31. The molecule has 150 valence electrons. The summed E-state index contributed by atoms with van der Waals surface area (Å²) in [5.41, 5.74) is 2.09. The molecule has 0 bridgehead atoms. The molecule has 8 nitrogen and oxygen atoms in total. The van der Waals surface area contributed by atoms with E-state index in [0.29, 0.717) is 11.8 Å². The summed E-state index contributed by atoms with van der Waals surface area (Å²) in [6.45, 7) is 3.42. The fourth-order valence-corrected chi connectivity index (χ4v) is 4.57. The lowest BCUT2D eigenvalue weighted by atomic mass is 9.88. The molecule has 0 atom stereocenters. The minimum atomic E-state index is 0.127. The molecule has 2 aliphatic rings. The van der Waals surface area contributed by atoms with Gasteiger partial charge in [-0.05, 0) is 61.4 Å². The SMILES string of the molecule is O=C(C1CCN(c2ccc3nncn3n2)CC1)N1CCC(c2ccncc2)CC1. The number of likely N-dealkylation sites (tertiary alicyclic amines) is 1. The highest BCUT2D eigenvalue weighted by molar-refractivity contribution is 5.79. The molecule has 0 aliphatic carbocycles. The first kappa shape index (κ1) is 18.0. The maximum atomic E-state index is 13.0. The van der Waals surface area contributed by atoms with E-state index in [4.69, 9.17) is 0 Å². The van der Waals surface area contributed by atoms with Crippen LogP contribution in [0.3, 0.4) is 0 Å². The predicted molar refractivity (Wildman–Crippen MR) is 109 cm³/mol. The summed E-state index contributed by atoms with van der Waals surface area (Å²) in [7, 11) is 0. The van der Waals surface area contributed by atoms with E-state index < -0.39 is 0 Å². The highest BCUT2D eigenvalue weighted by atomic mass is 16.2. The van der Waals surface area contributed by atoms with Gasteiger partial charge in [-0.1, -0.05) is 0 Å². The van der Waals surface area contributed by atoms with Crippen molar-refractivity contribution < 1.29 is 4.79 Å². The molecule has 0 saturated carbocycles. The van der Waals surface area contributed by atoms with E-state index in [-0.39, 0.29) is 5.92 Å². The van der Waals surface area contributed by atoms with Crippen LogP contribution < -0.4 is 4.90 Å². The van der Waals surface area contributed by atoms with Crippen molar-refractivity contribution in [2.24, 2.45) is 5.92 Å². The van der Waals surface area contributed by atoms with Crippen LogP contribution >= 0.6 is 0 Å². The summed E-state index contributed by atoms with van der Waals surface area (Å²) in [4.78, 5) is 21.5. The Morgan fingerprint density at radius 3 is 2.45 bits per heavy atom. The van der Waals surface area contributed by atoms with Gasteiger partial charge in [0.05, 0.1) is 0 Å². The molecule has 5 rings (SSSR count). The molecule has 1 amide bonds. The third kappa shape index (κ3) is 3.66. The summed E-state index contributed by atoms with van der Waals surface area (Å²) >= 11 is 0. The van der Waals surface area contributed by atoms with Gasteiger partial charge in [0.15, 0.2) is 5.65 Å². The number of carbonyl (C=O) groups is 1. The molecule has 2 saturated heterocycles. The molecular formula is C21H25N7O. The number of hydrogen-bond donors (Lipinski definition) is 0. The van der Waals surface area contributed by atoms with Gasteiger partial charge in [-0.3, -0.25) is 9.78 Å². The minimum absolute atomic E-state index is 0.127. The quantitative estimate of drug-likeness (QED) is 0.681. The van der Waals surface area contributed by atoms with E-state index in [2.05, 4.69) is 42.2 Å². The largest absolute Gasteiger partial charge is 0.355 e. The van der Waals surface area contributed by atoms with Crippen molar-refractivity contribution in [1.29, 1.82) is 0 Å². The maximum absolute atomic E-state index is 13.0. The number of fused-ring (bicyclic) bond motifs is 1. The molecule has 2 aliphatic heterocycles. The van der Waals surface area contributed by atoms with E-state index in [1.165, 1.54) is 5.56 Å². The van der Waals surface area contributed by atoms with Crippen LogP contribution in [0.15, 0.2) is 43.0 Å². The fraction of sp³-hybridized carbons (Fsp3) is 0.476. The molecule has 0 unspecified atom stereocenters. The third-order valence-electron chi connectivity index (χ3n) is 6.30. The third-order valence-corrected chi connectivity index (χ3v) is 6.30. The van der Waals surface area contributed by atoms with E-state index in [1.54, 1.807) is 10.8 Å². The van der Waals surface area contributed by atoms with Crippen LogP contribution in [-0.4, -0.2) is 61.8 Å². The van der Waals surface area contributed by atoms with Crippen molar-refractivity contribution in [1.82, 2.24) is 29.7 Å². The van der Waals surface area contributed by atoms with Gasteiger partial charge in [0, 0.05) is 44.5 Å². The second kappa shape index (κ2) is 7.77. The Hall–Kier alpha value is -3.03. The summed E-state index contributed by atoms with van der Waals surface area (Å²) in [5.74, 6) is 1.92. The lowest BCUT2D eigenvalue weighted by Gasteiger charge is -2.37. The number of amides is 1. The summed E-state index contributed by atoms with van der Waals surface area (Å²) in [6.07, 6.45) is 9.17. The number of carbonyl (C=O) groups excluding carboxylic acids is 1. The van der Waals surface area contributed by atoms with Crippen LogP contribution in [0.25, 0.3) is 5.65 Å². The Morgan fingerprint density at radius 1 is 0.931 bits per heavy atom. The Morgan fingerprint density at radius 2 is 1.69 bits per heavy atom. The number of aromatic nitrogens is 5. The summed E-state index contributed by atoms with van der Waals surface area (Å²) in [6, 6.07) is 8.11. The Kier molecular flexibility index (Phi) is 4.83. The van der Waals surface area contributed by atoms with Gasteiger partial charge >= 0.3 is 0 Å². The number of piperidine rings is 2. The van der Waals surface area contributed by atoms with Gasteiger partial charge < -0.3 is 9.80 Å². The molecule has 0 N–H and O–H groups in total. The zero-order valence-electron chi connectivity index (χ0n) is 16.4. The van der Waals surface area contributed by atoms with Gasteiger partial charge in [-0.15, -0.1) is 15.3 Å². The van der Waals surface area contributed by atoms with Crippen LogP contribution in [0.5, 0.6) is 0 Å². The molecule has 0 radical (unpaired) electrons. The standard InChI is InChI=1S/C21H25N7O/c29-21(27-13-5-17(6-14-27)16-3-9-22-10-4-16)18-7-11-26(12-8-18)20-2-1-19-24-23-15-28(19)25-20/h1-4,9-10,15,17-18H,5-8,11-14H2. The van der Waals surface area contributed by atoms with E-state index in [9.17, 15) is 4.79 Å². The van der Waals surface area contributed by atoms with Crippen LogP contribution in [0.4, 0.5) is 5.82 Å². The fourth-order valence-electron chi connectivity index (χ4n) is 4.57. The normalized spacial score (nSPS) is 19.0. The van der Waals surface area contributed by atoms with Crippen molar-refractivity contribution in [2.45, 2.75) is 31.6 Å². The Balaban J connectivity index is 1.15. The predicted octanol–water partition coefficient (Wildman–Crippen LogP) is 2.14.